The molecule has 7 rings (SSSR count). The Kier molecular flexibility index (Phi) is 31.6. The Morgan fingerprint density at radius 3 is 1.22 bits per heavy atom. The van der Waals surface area contributed by atoms with E-state index in [4.69, 9.17) is 66.3 Å². The van der Waals surface area contributed by atoms with Crippen molar-refractivity contribution < 1.29 is 202 Å². The lowest BCUT2D eigenvalue weighted by Crippen LogP contribution is -2.72. The van der Waals surface area contributed by atoms with E-state index >= 15 is 0 Å². The maximum absolute atomic E-state index is 13.7. The Bertz CT molecular complexity index is 2730. The lowest BCUT2D eigenvalue weighted by Gasteiger charge is -2.53. The fraction of sp³-hybridized carbons (Fsp3) is 0.895. The summed E-state index contributed by atoms with van der Waals surface area (Å²) >= 11 is 0. The van der Waals surface area contributed by atoms with E-state index in [1.54, 1.807) is 0 Å². The van der Waals surface area contributed by atoms with Crippen LogP contribution in [0.4, 0.5) is 0 Å². The van der Waals surface area contributed by atoms with Crippen LogP contribution in [-0.4, -0.2) is 429 Å². The fourth-order valence-electron chi connectivity index (χ4n) is 12.9. The van der Waals surface area contributed by atoms with Crippen molar-refractivity contribution >= 4 is 36.0 Å². The number of carboxylic acids is 1. The highest BCUT2D eigenvalue weighted by Crippen LogP contribution is 2.42. The molecule has 0 bridgehead atoms. The molecule has 46 nitrogen and oxygen atoms in total. The molecular formula is C57H95N5O41. The number of hydrogen-bond acceptors (Lipinski definition) is 40. The van der Waals surface area contributed by atoms with Crippen LogP contribution >= 0.6 is 0 Å². The Labute approximate surface area is 583 Å². The first-order valence-corrected chi connectivity index (χ1v) is 32.4. The molecule has 5 amide bonds. The van der Waals surface area contributed by atoms with Crippen molar-refractivity contribution in [2.75, 3.05) is 59.5 Å². The average molecular weight is 1510 g/mol. The van der Waals surface area contributed by atoms with Crippen LogP contribution in [0.2, 0.25) is 0 Å². The summed E-state index contributed by atoms with van der Waals surface area (Å²) in [6.07, 6.45) is -67.7. The lowest BCUT2D eigenvalue weighted by molar-refractivity contribution is -0.404. The van der Waals surface area contributed by atoms with Gasteiger partial charge in [-0.15, -0.1) is 0 Å². The second-order valence-electron chi connectivity index (χ2n) is 25.4. The molecule has 7 aliphatic heterocycles. The van der Waals surface area contributed by atoms with Gasteiger partial charge in [-0.2, -0.15) is 0 Å². The number of ether oxygens (including phenoxy) is 14. The van der Waals surface area contributed by atoms with Crippen molar-refractivity contribution in [1.82, 2.24) is 26.6 Å². The van der Waals surface area contributed by atoms with E-state index in [9.17, 15) is 136 Å². The molecule has 46 heteroatoms. The van der Waals surface area contributed by atoms with Crippen LogP contribution in [0, 0.1) is 0 Å². The summed E-state index contributed by atoms with van der Waals surface area (Å²) in [5, 5.41) is 244. The summed E-state index contributed by atoms with van der Waals surface area (Å²) in [4.78, 5) is 75.6. The molecule has 7 aliphatic rings. The highest BCUT2D eigenvalue weighted by molar-refractivity contribution is 5.77. The summed E-state index contributed by atoms with van der Waals surface area (Å²) in [7, 11) is 0. The molecule has 26 N–H and O–H groups in total. The van der Waals surface area contributed by atoms with Crippen molar-refractivity contribution in [2.24, 2.45) is 0 Å². The molecule has 0 spiro atoms. The van der Waals surface area contributed by atoms with Gasteiger partial charge >= 0.3 is 5.97 Å². The van der Waals surface area contributed by atoms with E-state index in [1.165, 1.54) is 0 Å². The van der Waals surface area contributed by atoms with Crippen molar-refractivity contribution in [3.8, 4) is 0 Å². The number of carbonyl (C=O) groups is 6. The first kappa shape index (κ1) is 85.7. The third-order valence-corrected chi connectivity index (χ3v) is 18.1. The molecule has 0 saturated carbocycles. The molecule has 0 aliphatic carbocycles. The predicted octanol–water partition coefficient (Wildman–Crippen LogP) is -17.4. The summed E-state index contributed by atoms with van der Waals surface area (Å²) < 4.78 is 83.6. The van der Waals surface area contributed by atoms with Gasteiger partial charge in [0.25, 0.3) is 5.79 Å². The zero-order chi connectivity index (χ0) is 76.4. The molecule has 103 heavy (non-hydrogen) atoms. The van der Waals surface area contributed by atoms with Crippen LogP contribution < -0.4 is 26.6 Å². The minimum atomic E-state index is -3.45. The van der Waals surface area contributed by atoms with Gasteiger partial charge in [0.2, 0.25) is 30.0 Å². The van der Waals surface area contributed by atoms with Gasteiger partial charge in [0.05, 0.1) is 77.6 Å². The standard InChI is InChI=1S/C57H95N5O41/c1-16(72)59-29-21(76)5-57(56(88)89,102-47(29)33(78)22(77)7-64)103-49-42(87)55(96-28(13-70)46(49)100-51-31(61-18(3)74)37(82)35(80)24(9-66)92-51)97-43-25(10-67)93-52(32(38(43)83)62-19(4)75)101-48-41(86)54(98-44-26(11-68)94-53(40(85)39(44)84)90-14-20(6-63)58-15-71)95-27(12-69)45(48)99-50-30(60-17(2)73)36(81)34(79)23(8-65)91-50/h15,20-55,63-70,76-87H,5-14H2,1-4H3,(H,58,71)(H,59,72)(H,60,73)(H,61,74)(H,62,75)(H,88,89)/t20-,21+,22-,23-,24-,25-,26-,27-,28-,29-,30-,31-,32-,33-,34+,35+,36-,37-,38-,39-,40-,41-,42-,43+,44-,45+,46+,47-,48-,49-,50+,51+,52+,53-,54+,55+,57+/m1/s1. The minimum Gasteiger partial charge on any atom is -0.477 e. The first-order chi connectivity index (χ1) is 48.7. The molecule has 594 valence electrons. The molecule has 0 aromatic rings. The Balaban J connectivity index is 1.28. The van der Waals surface area contributed by atoms with E-state index in [0.29, 0.717) is 0 Å². The van der Waals surface area contributed by atoms with E-state index in [-0.39, 0.29) is 6.41 Å². The van der Waals surface area contributed by atoms with Crippen LogP contribution in [0.15, 0.2) is 0 Å². The maximum atomic E-state index is 13.7. The van der Waals surface area contributed by atoms with E-state index < -0.39 is 322 Å². The zero-order valence-electron chi connectivity index (χ0n) is 55.5. The van der Waals surface area contributed by atoms with Gasteiger partial charge in [-0.3, -0.25) is 24.0 Å². The molecule has 7 heterocycles. The third-order valence-electron chi connectivity index (χ3n) is 18.1. The van der Waals surface area contributed by atoms with E-state index in [2.05, 4.69) is 26.6 Å². The number of aliphatic carboxylic acids is 1. The molecule has 0 aromatic heterocycles. The number of aliphatic hydroxyl groups excluding tert-OH is 20. The van der Waals surface area contributed by atoms with Gasteiger partial charge in [0.1, 0.15) is 165 Å². The molecule has 7 fully saturated rings. The van der Waals surface area contributed by atoms with Gasteiger partial charge in [0, 0.05) is 34.1 Å². The molecular weight excluding hydrogens is 1410 g/mol. The van der Waals surface area contributed by atoms with Crippen LogP contribution in [0.1, 0.15) is 34.1 Å². The fourth-order valence-corrected chi connectivity index (χ4v) is 12.9. The summed E-state index contributed by atoms with van der Waals surface area (Å²) in [5.41, 5.74) is 0. The minimum absolute atomic E-state index is 0.231. The Morgan fingerprint density at radius 2 is 0.806 bits per heavy atom. The van der Waals surface area contributed by atoms with Gasteiger partial charge in [0.15, 0.2) is 37.7 Å². The number of hydrogen-bond donors (Lipinski definition) is 26. The van der Waals surface area contributed by atoms with Crippen LogP contribution in [0.25, 0.3) is 0 Å². The van der Waals surface area contributed by atoms with Gasteiger partial charge in [-0.05, 0) is 0 Å². The second-order valence-corrected chi connectivity index (χ2v) is 25.4. The molecule has 0 aromatic carbocycles. The summed E-state index contributed by atoms with van der Waals surface area (Å²) in [5.74, 6) is -9.40. The summed E-state index contributed by atoms with van der Waals surface area (Å²) in [6.45, 7) is -5.68. The zero-order valence-corrected chi connectivity index (χ0v) is 55.5. The van der Waals surface area contributed by atoms with Gasteiger partial charge in [-0.25, -0.2) is 4.79 Å². The number of carbonyl (C=O) groups excluding carboxylic acids is 5. The van der Waals surface area contributed by atoms with Gasteiger partial charge < -0.3 is 200 Å². The van der Waals surface area contributed by atoms with E-state index in [0.717, 1.165) is 27.7 Å². The number of rotatable bonds is 32. The molecule has 7 saturated heterocycles. The van der Waals surface area contributed by atoms with Crippen molar-refractivity contribution in [1.29, 1.82) is 0 Å². The average Bonchev–Trinajstić information content (AvgIpc) is 0.749. The number of nitrogens with one attached hydrogen (secondary N) is 5. The largest absolute Gasteiger partial charge is 0.477 e. The number of aliphatic hydroxyl groups is 20. The predicted molar refractivity (Wildman–Crippen MR) is 319 cm³/mol. The topological polar surface area (TPSA) is 717 Å². The Hall–Kier alpha value is -4.54. The quantitative estimate of drug-likeness (QED) is 0.0278. The lowest BCUT2D eigenvalue weighted by atomic mass is 9.88. The van der Waals surface area contributed by atoms with E-state index in [1.807, 2.05) is 0 Å². The van der Waals surface area contributed by atoms with Gasteiger partial charge in [-0.1, -0.05) is 0 Å². The first-order valence-electron chi connectivity index (χ1n) is 32.4. The molecule has 0 radical (unpaired) electrons. The second kappa shape index (κ2) is 38.0. The highest BCUT2D eigenvalue weighted by Gasteiger charge is 2.63. The van der Waals surface area contributed by atoms with Crippen molar-refractivity contribution in [2.45, 2.75) is 260 Å². The SMILES string of the molecule is CC(=O)N[C@H]1[C@H](O[C@@H]2[C@@H](O)[C@H](O[C@H]3[C@H](O)[C@@H](O)[C@H](OC[C@@H](CO)NC=O)O[C@@H]3CO)O[C@H](CO)[C@@H]2O[C@@H]2O[C@H](CO)[C@H](O)[C@H](O)[C@H]2NC(C)=O)O[C@H](CO)[C@H](O[C@@H]2O[C@H](CO)[C@H](O[C@@H]3O[C@H](CO)[C@H](O)[C@H](O)[C@H]3NC(C)=O)[C@H](O[C@]3(C(=O)O)C[C@H](O)[C@@H](NC(C)=O)[C@H]([C@H](O)[C@H](O)CO)O3)[C@H]2O)[C@@H]1O. The highest BCUT2D eigenvalue weighted by atomic mass is 16.8. The number of amides is 5. The third kappa shape index (κ3) is 19.7. The van der Waals surface area contributed by atoms with Crippen LogP contribution in [0.5, 0.6) is 0 Å². The molecule has 0 unspecified atom stereocenters. The van der Waals surface area contributed by atoms with Crippen molar-refractivity contribution in [3.05, 3.63) is 0 Å². The van der Waals surface area contributed by atoms with Crippen LogP contribution in [-0.2, 0) is 95.1 Å². The monoisotopic (exact) mass is 1510 g/mol. The maximum Gasteiger partial charge on any atom is 0.364 e. The normalized spacial score (nSPS) is 43.9. The number of carboxylic acid groups (broad SMARTS) is 1. The molecule has 37 atom stereocenters. The Morgan fingerprint density at radius 1 is 0.437 bits per heavy atom. The smallest absolute Gasteiger partial charge is 0.364 e. The summed E-state index contributed by atoms with van der Waals surface area (Å²) in [6, 6.07) is -8.65. The van der Waals surface area contributed by atoms with Crippen molar-refractivity contribution in [3.63, 3.8) is 0 Å². The van der Waals surface area contributed by atoms with Crippen LogP contribution in [0.3, 0.4) is 0 Å².